The Bertz CT molecular complexity index is 1320. The van der Waals surface area contributed by atoms with Crippen molar-refractivity contribution in [2.75, 3.05) is 26.9 Å². The highest BCUT2D eigenvalue weighted by Crippen LogP contribution is 2.69. The number of hydrogen-bond donors (Lipinski definition) is 10. The van der Waals surface area contributed by atoms with Crippen molar-refractivity contribution >= 4 is 0 Å². The molecule has 2 heterocycles. The third-order valence-electron chi connectivity index (χ3n) is 15.2. The van der Waals surface area contributed by atoms with Crippen molar-refractivity contribution in [3.05, 3.63) is 12.2 Å². The molecule has 6 rings (SSSR count). The first kappa shape index (κ1) is 43.7. The van der Waals surface area contributed by atoms with Crippen molar-refractivity contribution in [3.63, 3.8) is 0 Å². The topological polar surface area (TPSA) is 248 Å². The summed E-state index contributed by atoms with van der Waals surface area (Å²) in [6.45, 7) is 10.2. The van der Waals surface area contributed by atoms with Gasteiger partial charge in [0.05, 0.1) is 55.9 Å². The second-order valence-corrected chi connectivity index (χ2v) is 18.6. The fourth-order valence-corrected chi connectivity index (χ4v) is 12.3. The third kappa shape index (κ3) is 7.61. The van der Waals surface area contributed by atoms with Gasteiger partial charge in [0.1, 0.15) is 36.6 Å². The zero-order valence-electron chi connectivity index (χ0n) is 33.1. The summed E-state index contributed by atoms with van der Waals surface area (Å²) < 4.78 is 28.4. The fourth-order valence-electron chi connectivity index (χ4n) is 12.3. The second-order valence-electron chi connectivity index (χ2n) is 18.6. The van der Waals surface area contributed by atoms with Gasteiger partial charge in [-0.1, -0.05) is 46.8 Å². The molecule has 2 unspecified atom stereocenters. The summed E-state index contributed by atoms with van der Waals surface area (Å²) in [5.41, 5.74) is -2.75. The van der Waals surface area contributed by atoms with E-state index in [0.29, 0.717) is 32.1 Å². The minimum absolute atomic E-state index is 0.0382. The number of allylic oxidation sites excluding steroid dienone is 2. The number of aliphatic hydroxyl groups is 10. The molecule has 0 bridgehead atoms. The molecule has 0 radical (unpaired) electrons. The van der Waals surface area contributed by atoms with E-state index < -0.39 is 108 Å². The van der Waals surface area contributed by atoms with Crippen LogP contribution in [0.2, 0.25) is 0 Å². The van der Waals surface area contributed by atoms with E-state index in [1.165, 1.54) is 7.11 Å². The summed E-state index contributed by atoms with van der Waals surface area (Å²) in [5.74, 6) is -1.89. The summed E-state index contributed by atoms with van der Waals surface area (Å²) in [7, 11) is 1.40. The van der Waals surface area contributed by atoms with E-state index >= 15 is 0 Å². The number of aliphatic hydroxyl groups excluding tert-OH is 9. The number of rotatable bonds is 11. The summed E-state index contributed by atoms with van der Waals surface area (Å²) in [5, 5.41) is 110. The molecule has 10 N–H and O–H groups in total. The van der Waals surface area contributed by atoms with Crippen molar-refractivity contribution in [1.82, 2.24) is 0 Å². The first-order valence-electron chi connectivity index (χ1n) is 20.4. The van der Waals surface area contributed by atoms with Crippen molar-refractivity contribution in [2.24, 2.45) is 52.3 Å². The summed E-state index contributed by atoms with van der Waals surface area (Å²) >= 11 is 0. The summed E-state index contributed by atoms with van der Waals surface area (Å²) in [6, 6.07) is 0. The van der Waals surface area contributed by atoms with Gasteiger partial charge in [0.2, 0.25) is 0 Å². The van der Waals surface area contributed by atoms with Crippen LogP contribution in [-0.4, -0.2) is 163 Å². The van der Waals surface area contributed by atoms with Crippen molar-refractivity contribution in [1.29, 1.82) is 0 Å². The first-order chi connectivity index (χ1) is 25.8. The van der Waals surface area contributed by atoms with Gasteiger partial charge in [-0.25, -0.2) is 0 Å². The lowest BCUT2D eigenvalue weighted by Crippen LogP contribution is -2.71. The van der Waals surface area contributed by atoms with Gasteiger partial charge >= 0.3 is 0 Å². The molecular formula is C40H68O15. The molecule has 15 heteroatoms. The molecular weight excluding hydrogens is 720 g/mol. The maximum Gasteiger partial charge on any atom is 0.186 e. The van der Waals surface area contributed by atoms with Crippen LogP contribution in [0.5, 0.6) is 0 Å². The second kappa shape index (κ2) is 16.7. The SMILES string of the molecule is CO[C@@H]1[C@@H](O)[C@H](OCC[C@@H](/C=C/[C@@H](C)[C@H]2[C@@H](O)[C@@H](O)[C@@H]3[C@]2(C)CCC2[C@@]4(C)CC[C@H](O)[C@H](O)C4[C@@H](O)C[C@]23O)C(C)C)OC[C@H]1O[C@@H]1OC[C@H](O)[C@H](O)[C@H]1O. The Kier molecular flexibility index (Phi) is 13.2. The van der Waals surface area contributed by atoms with Gasteiger partial charge in [-0.3, -0.25) is 0 Å². The lowest BCUT2D eigenvalue weighted by Gasteiger charge is -2.66. The molecule has 0 aromatic rings. The van der Waals surface area contributed by atoms with Crippen LogP contribution in [0.1, 0.15) is 73.1 Å². The first-order valence-corrected chi connectivity index (χ1v) is 20.4. The quantitative estimate of drug-likeness (QED) is 0.118. The molecule has 4 aliphatic carbocycles. The fraction of sp³-hybridized carbons (Fsp3) is 0.950. The Balaban J connectivity index is 1.08. The smallest absolute Gasteiger partial charge is 0.186 e. The monoisotopic (exact) mass is 788 g/mol. The largest absolute Gasteiger partial charge is 0.393 e. The standard InChI is InChI=1S/C40H68O15/c1-18(2)20(11-14-52-36-33(49)34(51-6)24(17-54-36)55-37-32(48)29(45)23(43)16-53-37)8-7-19(3)26-30(46)31(47)35-39(26,5)13-10-25-38(4)12-9-21(41)28(44)27(38)22(42)15-40(25,35)50/h7-8,18-37,41-50H,9-17H2,1-6H3/b8-7+/t19-,20-,21+,22+,23+,24-,25?,26+,27?,28+,29+,30-,31-,32-,33-,34+,35-,36-,37+,38-,39-,40+/m1/s1. The maximum atomic E-state index is 12.6. The minimum atomic E-state index is -1.50. The van der Waals surface area contributed by atoms with Gasteiger partial charge in [0.25, 0.3) is 0 Å². The van der Waals surface area contributed by atoms with Crippen molar-refractivity contribution in [3.8, 4) is 0 Å². The number of ether oxygens (including phenoxy) is 5. The normalized spacial score (nSPS) is 52.8. The van der Waals surface area contributed by atoms with Gasteiger partial charge in [-0.15, -0.1) is 0 Å². The lowest BCUT2D eigenvalue weighted by molar-refractivity contribution is -0.330. The highest BCUT2D eigenvalue weighted by molar-refractivity contribution is 5.23. The van der Waals surface area contributed by atoms with Crippen LogP contribution in [-0.2, 0) is 23.7 Å². The molecule has 6 aliphatic rings. The molecule has 55 heavy (non-hydrogen) atoms. The van der Waals surface area contributed by atoms with Crippen LogP contribution in [0.3, 0.4) is 0 Å². The van der Waals surface area contributed by atoms with Crippen LogP contribution in [0.25, 0.3) is 0 Å². The molecule has 0 spiro atoms. The zero-order valence-corrected chi connectivity index (χ0v) is 33.1. The van der Waals surface area contributed by atoms with Crippen LogP contribution in [0.15, 0.2) is 12.2 Å². The lowest BCUT2D eigenvalue weighted by atomic mass is 9.41. The minimum Gasteiger partial charge on any atom is -0.393 e. The van der Waals surface area contributed by atoms with E-state index in [1.54, 1.807) is 0 Å². The van der Waals surface area contributed by atoms with Gasteiger partial charge in [-0.2, -0.15) is 0 Å². The summed E-state index contributed by atoms with van der Waals surface area (Å²) in [6.07, 6.45) is -7.96. The van der Waals surface area contributed by atoms with Crippen LogP contribution in [0.4, 0.5) is 0 Å². The molecule has 2 aliphatic heterocycles. The van der Waals surface area contributed by atoms with Crippen molar-refractivity contribution in [2.45, 2.75) is 158 Å². The highest BCUT2D eigenvalue weighted by Gasteiger charge is 2.73. The van der Waals surface area contributed by atoms with E-state index in [0.717, 1.165) is 0 Å². The van der Waals surface area contributed by atoms with E-state index in [1.807, 2.05) is 20.8 Å². The third-order valence-corrected chi connectivity index (χ3v) is 15.2. The Morgan fingerprint density at radius 1 is 0.727 bits per heavy atom. The maximum absolute atomic E-state index is 12.6. The van der Waals surface area contributed by atoms with Crippen LogP contribution in [0, 0.1) is 52.3 Å². The molecule has 318 valence electrons. The predicted molar refractivity (Wildman–Crippen MR) is 195 cm³/mol. The zero-order chi connectivity index (χ0) is 40.4. The molecule has 15 nitrogen and oxygen atoms in total. The molecule has 0 aromatic carbocycles. The number of fused-ring (bicyclic) bond motifs is 5. The predicted octanol–water partition coefficient (Wildman–Crippen LogP) is -0.568. The Morgan fingerprint density at radius 3 is 2.07 bits per heavy atom. The molecule has 0 amide bonds. The van der Waals surface area contributed by atoms with Gasteiger partial charge in [0.15, 0.2) is 12.6 Å². The molecule has 0 aromatic heterocycles. The molecule has 2 saturated heterocycles. The Hall–Kier alpha value is -0.860. The van der Waals surface area contributed by atoms with Gasteiger partial charge in [0, 0.05) is 25.4 Å². The van der Waals surface area contributed by atoms with E-state index in [2.05, 4.69) is 26.0 Å². The van der Waals surface area contributed by atoms with Crippen LogP contribution < -0.4 is 0 Å². The average Bonchev–Trinajstić information content (AvgIpc) is 3.33. The molecule has 6 fully saturated rings. The van der Waals surface area contributed by atoms with E-state index in [9.17, 15) is 51.1 Å². The van der Waals surface area contributed by atoms with E-state index in [-0.39, 0.29) is 55.8 Å². The van der Waals surface area contributed by atoms with E-state index in [4.69, 9.17) is 23.7 Å². The average molecular weight is 789 g/mol. The number of methoxy groups -OCH3 is 1. The Morgan fingerprint density at radius 2 is 1.40 bits per heavy atom. The highest BCUT2D eigenvalue weighted by atomic mass is 16.7. The Labute approximate surface area is 324 Å². The van der Waals surface area contributed by atoms with Crippen LogP contribution >= 0.6 is 0 Å². The van der Waals surface area contributed by atoms with Crippen molar-refractivity contribution < 1.29 is 74.7 Å². The molecule has 4 saturated carbocycles. The molecule has 22 atom stereocenters. The van der Waals surface area contributed by atoms with Gasteiger partial charge in [-0.05, 0) is 72.5 Å². The van der Waals surface area contributed by atoms with Gasteiger partial charge < -0.3 is 74.7 Å². The number of hydrogen-bond acceptors (Lipinski definition) is 15. The summed E-state index contributed by atoms with van der Waals surface area (Å²) in [4.78, 5) is 0.